The van der Waals surface area contributed by atoms with Crippen LogP contribution in [0.1, 0.15) is 48.9 Å². The van der Waals surface area contributed by atoms with Crippen molar-refractivity contribution in [2.24, 2.45) is 0 Å². The topological polar surface area (TPSA) is 71.2 Å². The number of nitrogens with one attached hydrogen (secondary N) is 2. The molecule has 1 aromatic carbocycles. The summed E-state index contributed by atoms with van der Waals surface area (Å²) < 4.78 is 5.85. The third-order valence-electron chi connectivity index (χ3n) is 4.58. The van der Waals surface area contributed by atoms with Gasteiger partial charge in [-0.3, -0.25) is 9.59 Å². The molecule has 5 heteroatoms. The van der Waals surface area contributed by atoms with E-state index in [0.717, 1.165) is 18.4 Å². The summed E-state index contributed by atoms with van der Waals surface area (Å²) in [7, 11) is 0. The van der Waals surface area contributed by atoms with Gasteiger partial charge >= 0.3 is 0 Å². The molecular formula is C19H24N2O3. The van der Waals surface area contributed by atoms with Crippen molar-refractivity contribution in [3.63, 3.8) is 0 Å². The molecule has 1 aromatic heterocycles. The van der Waals surface area contributed by atoms with Crippen molar-refractivity contribution in [3.05, 3.63) is 46.2 Å². The molecule has 0 radical (unpaired) electrons. The fourth-order valence-electron chi connectivity index (χ4n) is 3.23. The van der Waals surface area contributed by atoms with E-state index in [2.05, 4.69) is 10.3 Å². The first-order valence-electron chi connectivity index (χ1n) is 8.76. The molecule has 1 fully saturated rings. The third kappa shape index (κ3) is 4.03. The molecule has 0 unspecified atom stereocenters. The van der Waals surface area contributed by atoms with Gasteiger partial charge in [0.05, 0.1) is 12.7 Å². The molecule has 0 bridgehead atoms. The van der Waals surface area contributed by atoms with Crippen LogP contribution in [0.2, 0.25) is 0 Å². The van der Waals surface area contributed by atoms with Crippen LogP contribution in [0, 0.1) is 0 Å². The molecule has 128 valence electrons. The van der Waals surface area contributed by atoms with Crippen LogP contribution in [0.4, 0.5) is 0 Å². The monoisotopic (exact) mass is 328 g/mol. The van der Waals surface area contributed by atoms with E-state index in [0.29, 0.717) is 24.6 Å². The van der Waals surface area contributed by atoms with E-state index in [1.54, 1.807) is 12.1 Å². The number of carbonyl (C=O) groups excluding carboxylic acids is 1. The fraction of sp³-hybridized carbons (Fsp3) is 0.474. The molecule has 0 aliphatic heterocycles. The first-order valence-corrected chi connectivity index (χ1v) is 8.76. The standard InChI is InChI=1S/C19H24N2O3/c22-18-15-9-5-6-10-17(15)21-13-16(18)19(23)20-11-12-24-14-7-3-1-2-4-8-14/h5-6,9-10,13-14H,1-4,7-8,11-12H2,(H,20,23)(H,21,22). The molecule has 0 atom stereocenters. The van der Waals surface area contributed by atoms with Gasteiger partial charge in [0, 0.05) is 23.6 Å². The van der Waals surface area contributed by atoms with Crippen molar-refractivity contribution in [2.45, 2.75) is 44.6 Å². The number of pyridine rings is 1. The van der Waals surface area contributed by atoms with Crippen molar-refractivity contribution >= 4 is 16.8 Å². The van der Waals surface area contributed by atoms with Crippen molar-refractivity contribution in [1.82, 2.24) is 10.3 Å². The van der Waals surface area contributed by atoms with E-state index in [-0.39, 0.29) is 16.9 Å². The van der Waals surface area contributed by atoms with Crippen molar-refractivity contribution in [1.29, 1.82) is 0 Å². The summed E-state index contributed by atoms with van der Waals surface area (Å²) in [6.07, 6.45) is 9.05. The van der Waals surface area contributed by atoms with Gasteiger partial charge in [-0.1, -0.05) is 37.8 Å². The molecular weight excluding hydrogens is 304 g/mol. The Balaban J connectivity index is 1.53. The van der Waals surface area contributed by atoms with Crippen LogP contribution in [-0.4, -0.2) is 30.1 Å². The Labute approximate surface area is 141 Å². The number of fused-ring (bicyclic) bond motifs is 1. The molecule has 1 aliphatic carbocycles. The second-order valence-electron chi connectivity index (χ2n) is 6.32. The molecule has 0 spiro atoms. The van der Waals surface area contributed by atoms with Gasteiger partial charge in [0.15, 0.2) is 0 Å². The Bertz CT molecular complexity index is 746. The van der Waals surface area contributed by atoms with Gasteiger partial charge in [-0.15, -0.1) is 0 Å². The lowest BCUT2D eigenvalue weighted by atomic mass is 10.1. The number of ether oxygens (including phenoxy) is 1. The molecule has 2 N–H and O–H groups in total. The van der Waals surface area contributed by atoms with Gasteiger partial charge < -0.3 is 15.0 Å². The molecule has 0 saturated heterocycles. The van der Waals surface area contributed by atoms with Crippen LogP contribution >= 0.6 is 0 Å². The molecule has 5 nitrogen and oxygen atoms in total. The molecule has 1 amide bonds. The summed E-state index contributed by atoms with van der Waals surface area (Å²) >= 11 is 0. The van der Waals surface area contributed by atoms with Crippen molar-refractivity contribution in [2.75, 3.05) is 13.2 Å². The Hall–Kier alpha value is -2.14. The molecule has 1 heterocycles. The lowest BCUT2D eigenvalue weighted by Crippen LogP contribution is -2.32. The normalized spacial score (nSPS) is 16.0. The van der Waals surface area contributed by atoms with Gasteiger partial charge in [-0.25, -0.2) is 0 Å². The minimum Gasteiger partial charge on any atom is -0.376 e. The average Bonchev–Trinajstić information content (AvgIpc) is 2.88. The van der Waals surface area contributed by atoms with Gasteiger partial charge in [-0.2, -0.15) is 0 Å². The van der Waals surface area contributed by atoms with Gasteiger partial charge in [0.2, 0.25) is 5.43 Å². The summed E-state index contributed by atoms with van der Waals surface area (Å²) in [6.45, 7) is 0.906. The van der Waals surface area contributed by atoms with Crippen LogP contribution < -0.4 is 10.7 Å². The van der Waals surface area contributed by atoms with Crippen LogP contribution in [-0.2, 0) is 4.74 Å². The quantitative estimate of drug-likeness (QED) is 0.655. The number of H-pyrrole nitrogens is 1. The number of amides is 1. The summed E-state index contributed by atoms with van der Waals surface area (Å²) in [4.78, 5) is 27.6. The highest BCUT2D eigenvalue weighted by Crippen LogP contribution is 2.19. The Kier molecular flexibility index (Phi) is 5.64. The van der Waals surface area contributed by atoms with Gasteiger partial charge in [0.25, 0.3) is 5.91 Å². The summed E-state index contributed by atoms with van der Waals surface area (Å²) in [6, 6.07) is 7.18. The van der Waals surface area contributed by atoms with Crippen LogP contribution in [0.3, 0.4) is 0 Å². The average molecular weight is 328 g/mol. The van der Waals surface area contributed by atoms with Gasteiger partial charge in [0.1, 0.15) is 5.56 Å². The lowest BCUT2D eigenvalue weighted by molar-refractivity contribution is 0.0441. The number of hydrogen-bond donors (Lipinski definition) is 2. The highest BCUT2D eigenvalue weighted by atomic mass is 16.5. The minimum atomic E-state index is -0.355. The SMILES string of the molecule is O=C(NCCOC1CCCCCC1)c1c[nH]c2ccccc2c1=O. The highest BCUT2D eigenvalue weighted by molar-refractivity contribution is 5.97. The van der Waals surface area contributed by atoms with E-state index in [1.807, 2.05) is 12.1 Å². The molecule has 3 rings (SSSR count). The van der Waals surface area contributed by atoms with Crippen LogP contribution in [0.25, 0.3) is 10.9 Å². The van der Waals surface area contributed by atoms with E-state index in [1.165, 1.54) is 31.9 Å². The maximum absolute atomic E-state index is 12.4. The zero-order valence-electron chi connectivity index (χ0n) is 13.8. The molecule has 1 aliphatic rings. The number of aromatic nitrogens is 1. The Morgan fingerprint density at radius 2 is 1.92 bits per heavy atom. The second-order valence-corrected chi connectivity index (χ2v) is 6.32. The Morgan fingerprint density at radius 1 is 1.17 bits per heavy atom. The minimum absolute atomic E-state index is 0.142. The fourth-order valence-corrected chi connectivity index (χ4v) is 3.23. The predicted octanol–water partition coefficient (Wildman–Crippen LogP) is 3.00. The number of carbonyl (C=O) groups is 1. The number of aromatic amines is 1. The highest BCUT2D eigenvalue weighted by Gasteiger charge is 2.14. The van der Waals surface area contributed by atoms with E-state index in [9.17, 15) is 9.59 Å². The third-order valence-corrected chi connectivity index (χ3v) is 4.58. The molecule has 2 aromatic rings. The van der Waals surface area contributed by atoms with Crippen LogP contribution in [0.15, 0.2) is 35.3 Å². The number of hydrogen-bond acceptors (Lipinski definition) is 3. The zero-order valence-corrected chi connectivity index (χ0v) is 13.8. The summed E-state index contributed by atoms with van der Waals surface area (Å²) in [5.41, 5.74) is 0.630. The van der Waals surface area contributed by atoms with Crippen LogP contribution in [0.5, 0.6) is 0 Å². The van der Waals surface area contributed by atoms with Gasteiger partial charge in [-0.05, 0) is 25.0 Å². The smallest absolute Gasteiger partial charge is 0.256 e. The zero-order chi connectivity index (χ0) is 16.8. The summed E-state index contributed by atoms with van der Waals surface area (Å²) in [5, 5.41) is 3.30. The maximum Gasteiger partial charge on any atom is 0.256 e. The molecule has 1 saturated carbocycles. The summed E-state index contributed by atoms with van der Waals surface area (Å²) in [5.74, 6) is -0.355. The predicted molar refractivity (Wildman–Crippen MR) is 94.3 cm³/mol. The lowest BCUT2D eigenvalue weighted by Gasteiger charge is -2.15. The second kappa shape index (κ2) is 8.11. The van der Waals surface area contributed by atoms with Crippen molar-refractivity contribution < 1.29 is 9.53 Å². The largest absolute Gasteiger partial charge is 0.376 e. The number of benzene rings is 1. The Morgan fingerprint density at radius 3 is 2.71 bits per heavy atom. The first-order chi connectivity index (χ1) is 11.8. The first kappa shape index (κ1) is 16.7. The van der Waals surface area contributed by atoms with E-state index >= 15 is 0 Å². The number of rotatable bonds is 5. The number of para-hydroxylation sites is 1. The van der Waals surface area contributed by atoms with E-state index in [4.69, 9.17) is 4.74 Å². The maximum atomic E-state index is 12.4. The van der Waals surface area contributed by atoms with Crippen molar-refractivity contribution in [3.8, 4) is 0 Å². The molecule has 24 heavy (non-hydrogen) atoms. The van der Waals surface area contributed by atoms with E-state index < -0.39 is 0 Å².